The summed E-state index contributed by atoms with van der Waals surface area (Å²) in [6.07, 6.45) is 3.57. The van der Waals surface area contributed by atoms with Crippen molar-refractivity contribution in [1.29, 1.82) is 0 Å². The minimum absolute atomic E-state index is 0.140. The molecule has 94 valence electrons. The third kappa shape index (κ3) is 4.23. The summed E-state index contributed by atoms with van der Waals surface area (Å²) in [5, 5.41) is 0. The van der Waals surface area contributed by atoms with E-state index >= 15 is 0 Å². The molecule has 0 saturated heterocycles. The number of aromatic nitrogens is 2. The lowest BCUT2D eigenvalue weighted by atomic mass is 10.3. The van der Waals surface area contributed by atoms with E-state index in [1.807, 2.05) is 4.90 Å². The average molecular weight is 238 g/mol. The van der Waals surface area contributed by atoms with Gasteiger partial charge in [0, 0.05) is 12.7 Å². The van der Waals surface area contributed by atoms with Crippen LogP contribution in [0.3, 0.4) is 0 Å². The highest BCUT2D eigenvalue weighted by Crippen LogP contribution is 2.12. The first-order chi connectivity index (χ1) is 8.17. The highest BCUT2D eigenvalue weighted by molar-refractivity contribution is 5.79. The molecule has 0 atom stereocenters. The number of anilines is 2. The number of rotatable bonds is 7. The molecule has 0 spiro atoms. The fraction of sp³-hybridized carbons (Fsp3) is 0.500. The van der Waals surface area contributed by atoms with Crippen LogP contribution in [0.5, 0.6) is 0 Å². The Hall–Kier alpha value is -1.89. The Kier molecular flexibility index (Phi) is 5.15. The standard InChI is InChI=1S/C10H18N6O/c1-2-3-6-16(7-8(11)17)9-4-5-13-10(14-9)15-12/h4-5H,2-3,6-7,12H2,1H3,(H2,11,17)(H,13,14,15). The van der Waals surface area contributed by atoms with Gasteiger partial charge in [0.15, 0.2) is 0 Å². The van der Waals surface area contributed by atoms with E-state index in [2.05, 4.69) is 22.3 Å². The van der Waals surface area contributed by atoms with Crippen molar-refractivity contribution in [3.8, 4) is 0 Å². The number of nitrogens with two attached hydrogens (primary N) is 2. The lowest BCUT2D eigenvalue weighted by Gasteiger charge is -2.21. The summed E-state index contributed by atoms with van der Waals surface area (Å²) >= 11 is 0. The van der Waals surface area contributed by atoms with Gasteiger partial charge in [-0.1, -0.05) is 13.3 Å². The van der Waals surface area contributed by atoms with Crippen LogP contribution in [0.4, 0.5) is 11.8 Å². The lowest BCUT2D eigenvalue weighted by Crippen LogP contribution is -2.35. The molecule has 1 aromatic heterocycles. The van der Waals surface area contributed by atoms with Gasteiger partial charge in [-0.2, -0.15) is 4.98 Å². The monoisotopic (exact) mass is 238 g/mol. The Morgan fingerprint density at radius 1 is 1.59 bits per heavy atom. The highest BCUT2D eigenvalue weighted by Gasteiger charge is 2.11. The van der Waals surface area contributed by atoms with E-state index in [-0.39, 0.29) is 12.5 Å². The molecule has 0 radical (unpaired) electrons. The Balaban J connectivity index is 2.82. The molecule has 0 saturated carbocycles. The first-order valence-corrected chi connectivity index (χ1v) is 5.50. The van der Waals surface area contributed by atoms with Crippen molar-refractivity contribution in [3.63, 3.8) is 0 Å². The van der Waals surface area contributed by atoms with Crippen LogP contribution in [0.25, 0.3) is 0 Å². The van der Waals surface area contributed by atoms with Gasteiger partial charge in [0.2, 0.25) is 11.9 Å². The number of hydrazine groups is 1. The van der Waals surface area contributed by atoms with Crippen LogP contribution in [0, 0.1) is 0 Å². The molecule has 0 aromatic carbocycles. The maximum Gasteiger partial charge on any atom is 0.239 e. The van der Waals surface area contributed by atoms with E-state index in [9.17, 15) is 4.79 Å². The van der Waals surface area contributed by atoms with Gasteiger partial charge in [0.25, 0.3) is 0 Å². The Bertz CT molecular complexity index is 370. The quantitative estimate of drug-likeness (QED) is 0.450. The van der Waals surface area contributed by atoms with Crippen molar-refractivity contribution in [2.75, 3.05) is 23.4 Å². The molecule has 7 nitrogen and oxygen atoms in total. The van der Waals surface area contributed by atoms with E-state index in [1.165, 1.54) is 0 Å². The van der Waals surface area contributed by atoms with Gasteiger partial charge in [-0.15, -0.1) is 0 Å². The zero-order chi connectivity index (χ0) is 12.7. The van der Waals surface area contributed by atoms with Crippen molar-refractivity contribution in [2.24, 2.45) is 11.6 Å². The molecule has 0 bridgehead atoms. The smallest absolute Gasteiger partial charge is 0.239 e. The molecule has 17 heavy (non-hydrogen) atoms. The predicted molar refractivity (Wildman–Crippen MR) is 66.2 cm³/mol. The highest BCUT2D eigenvalue weighted by atomic mass is 16.1. The normalized spacial score (nSPS) is 10.0. The summed E-state index contributed by atoms with van der Waals surface area (Å²) in [6.45, 7) is 2.94. The fourth-order valence-electron chi connectivity index (χ4n) is 1.41. The minimum atomic E-state index is -0.387. The van der Waals surface area contributed by atoms with Crippen LogP contribution < -0.4 is 21.9 Å². The van der Waals surface area contributed by atoms with E-state index in [0.29, 0.717) is 11.8 Å². The first kappa shape index (κ1) is 13.2. The van der Waals surface area contributed by atoms with Crippen LogP contribution in [0.15, 0.2) is 12.3 Å². The van der Waals surface area contributed by atoms with Gasteiger partial charge in [-0.25, -0.2) is 10.8 Å². The minimum Gasteiger partial charge on any atom is -0.368 e. The van der Waals surface area contributed by atoms with Crippen molar-refractivity contribution >= 4 is 17.7 Å². The lowest BCUT2D eigenvalue weighted by molar-refractivity contribution is -0.116. The van der Waals surface area contributed by atoms with Crippen LogP contribution in [0.2, 0.25) is 0 Å². The second-order valence-corrected chi connectivity index (χ2v) is 3.62. The molecule has 5 N–H and O–H groups in total. The summed E-state index contributed by atoms with van der Waals surface area (Å²) in [6, 6.07) is 1.72. The van der Waals surface area contributed by atoms with Gasteiger partial charge in [0.1, 0.15) is 5.82 Å². The van der Waals surface area contributed by atoms with E-state index < -0.39 is 0 Å². The number of unbranched alkanes of at least 4 members (excludes halogenated alkanes) is 1. The Morgan fingerprint density at radius 2 is 2.35 bits per heavy atom. The molecule has 0 aliphatic carbocycles. The van der Waals surface area contributed by atoms with E-state index in [4.69, 9.17) is 11.6 Å². The van der Waals surface area contributed by atoms with Crippen LogP contribution in [0.1, 0.15) is 19.8 Å². The molecule has 0 unspecified atom stereocenters. The van der Waals surface area contributed by atoms with Crippen molar-refractivity contribution in [2.45, 2.75) is 19.8 Å². The maximum absolute atomic E-state index is 11.0. The zero-order valence-corrected chi connectivity index (χ0v) is 9.89. The molecule has 1 heterocycles. The summed E-state index contributed by atoms with van der Waals surface area (Å²) in [4.78, 5) is 20.9. The summed E-state index contributed by atoms with van der Waals surface area (Å²) in [5.41, 5.74) is 7.58. The molecule has 1 amide bonds. The van der Waals surface area contributed by atoms with Gasteiger partial charge < -0.3 is 10.6 Å². The number of primary amides is 1. The Labute approximate surface area is 100 Å². The maximum atomic E-state index is 11.0. The van der Waals surface area contributed by atoms with E-state index in [0.717, 1.165) is 19.4 Å². The SMILES string of the molecule is CCCCN(CC(N)=O)c1ccnc(NN)n1. The van der Waals surface area contributed by atoms with Gasteiger partial charge in [-0.05, 0) is 12.5 Å². The van der Waals surface area contributed by atoms with Crippen LogP contribution >= 0.6 is 0 Å². The van der Waals surface area contributed by atoms with Crippen LogP contribution in [-0.2, 0) is 4.79 Å². The topological polar surface area (TPSA) is 110 Å². The molecule has 1 rings (SSSR count). The summed E-state index contributed by atoms with van der Waals surface area (Å²) in [5.74, 6) is 5.80. The number of hydrogen-bond acceptors (Lipinski definition) is 6. The average Bonchev–Trinajstić information content (AvgIpc) is 2.34. The van der Waals surface area contributed by atoms with Crippen molar-refractivity contribution in [1.82, 2.24) is 9.97 Å². The molecule has 0 aliphatic heterocycles. The zero-order valence-electron chi connectivity index (χ0n) is 9.89. The first-order valence-electron chi connectivity index (χ1n) is 5.50. The predicted octanol–water partition coefficient (Wildman–Crippen LogP) is -0.146. The van der Waals surface area contributed by atoms with Gasteiger partial charge in [0.05, 0.1) is 6.54 Å². The molecular formula is C10H18N6O. The number of amides is 1. The number of carbonyl (C=O) groups excluding carboxylic acids is 1. The molecule has 0 fully saturated rings. The number of nitrogens with zero attached hydrogens (tertiary/aromatic N) is 3. The number of nitrogen functional groups attached to an aromatic ring is 1. The second kappa shape index (κ2) is 6.64. The fourth-order valence-corrected chi connectivity index (χ4v) is 1.41. The molecule has 0 aliphatic rings. The third-order valence-electron chi connectivity index (χ3n) is 2.22. The molecular weight excluding hydrogens is 220 g/mol. The summed E-state index contributed by atoms with van der Waals surface area (Å²) in [7, 11) is 0. The van der Waals surface area contributed by atoms with Crippen molar-refractivity contribution < 1.29 is 4.79 Å². The number of carbonyl (C=O) groups is 1. The van der Waals surface area contributed by atoms with E-state index in [1.54, 1.807) is 12.3 Å². The third-order valence-corrected chi connectivity index (χ3v) is 2.22. The van der Waals surface area contributed by atoms with Crippen LogP contribution in [-0.4, -0.2) is 29.0 Å². The number of hydrogen-bond donors (Lipinski definition) is 3. The molecule has 1 aromatic rings. The van der Waals surface area contributed by atoms with Crippen molar-refractivity contribution in [3.05, 3.63) is 12.3 Å². The largest absolute Gasteiger partial charge is 0.368 e. The number of nitrogens with one attached hydrogen (secondary N) is 1. The molecule has 7 heteroatoms. The Morgan fingerprint density at radius 3 is 2.94 bits per heavy atom. The summed E-state index contributed by atoms with van der Waals surface area (Å²) < 4.78 is 0. The van der Waals surface area contributed by atoms with Gasteiger partial charge >= 0.3 is 0 Å². The van der Waals surface area contributed by atoms with Gasteiger partial charge in [-0.3, -0.25) is 10.2 Å². The second-order valence-electron chi connectivity index (χ2n) is 3.62.